The van der Waals surface area contributed by atoms with Crippen LogP contribution in [0.25, 0.3) is 165 Å². The predicted octanol–water partition coefficient (Wildman–Crippen LogP) is 25.2. The van der Waals surface area contributed by atoms with Crippen molar-refractivity contribution in [3.05, 3.63) is 318 Å². The maximum absolute atomic E-state index is 13.9. The van der Waals surface area contributed by atoms with Crippen LogP contribution in [-0.2, 0) is 11.0 Å². The highest BCUT2D eigenvalue weighted by molar-refractivity contribution is 9.11. The van der Waals surface area contributed by atoms with Crippen LogP contribution >= 0.6 is 63.7 Å². The summed E-state index contributed by atoms with van der Waals surface area (Å²) in [6.45, 7) is 0. The lowest BCUT2D eigenvalue weighted by molar-refractivity contribution is 0.130. The fourth-order valence-electron chi connectivity index (χ4n) is 17.7. The third-order valence-electron chi connectivity index (χ3n) is 21.3. The van der Waals surface area contributed by atoms with Crippen molar-refractivity contribution in [2.24, 2.45) is 0 Å². The molecule has 23 rings (SSSR count). The summed E-state index contributed by atoms with van der Waals surface area (Å²) >= 11 is 15.8. The van der Waals surface area contributed by atoms with Gasteiger partial charge in [-0.05, 0) is 176 Å². The second-order valence-electron chi connectivity index (χ2n) is 25.8. The van der Waals surface area contributed by atoms with Crippen LogP contribution in [0.3, 0.4) is 0 Å². The molecule has 0 saturated heterocycles. The summed E-state index contributed by atoms with van der Waals surface area (Å²) in [7, 11) is 0. The van der Waals surface area contributed by atoms with Crippen LogP contribution in [0.15, 0.2) is 296 Å². The Morgan fingerprint density at radius 3 is 1.00 bits per heavy atom. The monoisotopic (exact) mass is 1500 g/mol. The highest BCUT2D eigenvalue weighted by atomic mass is 79.9. The van der Waals surface area contributed by atoms with Crippen molar-refractivity contribution in [2.45, 2.75) is 11.0 Å². The number of nitrogens with zero attached hydrogens (tertiary/aromatic N) is 2. The molecule has 2 aliphatic carbocycles. The van der Waals surface area contributed by atoms with Gasteiger partial charge in [-0.1, -0.05) is 182 Å². The molecular weight excluding hydrogens is 1460 g/mol. The SMILES string of the molecule is Brc1cc2c(c3c1oc1ccccc13)-c1c(cc(Br)c3oc4ccccc4c13)C21c2ccccc2-n2c3ccccc3c3cccc1c32.OC1(c2ccccc2-n2c3ccccc3c3ccccc32)c2cc(Br)c3oc4ccccc4c3c2-c2c1cc(Br)c1oc3ccccc3c21. The Morgan fingerprint density at radius 1 is 0.268 bits per heavy atom. The number of halogens is 4. The molecule has 0 unspecified atom stereocenters. The fraction of sp³-hybridized carbons (Fsp3) is 0.0233. The van der Waals surface area contributed by atoms with Crippen LogP contribution in [-0.4, -0.2) is 14.2 Å². The van der Waals surface area contributed by atoms with Gasteiger partial charge in [0.1, 0.15) is 50.3 Å². The van der Waals surface area contributed by atoms with E-state index < -0.39 is 11.0 Å². The first kappa shape index (κ1) is 55.0. The number of rotatable bonds is 2. The second-order valence-corrected chi connectivity index (χ2v) is 29.2. The van der Waals surface area contributed by atoms with Gasteiger partial charge in [0.05, 0.1) is 56.7 Å². The topological polar surface area (TPSA) is 82.6 Å². The first-order valence-electron chi connectivity index (χ1n) is 32.2. The first-order chi connectivity index (χ1) is 47.7. The van der Waals surface area contributed by atoms with E-state index in [1.807, 2.05) is 72.8 Å². The molecule has 20 aromatic rings. The summed E-state index contributed by atoms with van der Waals surface area (Å²) < 4.78 is 34.6. The first-order valence-corrected chi connectivity index (χ1v) is 35.4. The summed E-state index contributed by atoms with van der Waals surface area (Å²) in [5, 5.41) is 27.1. The molecule has 6 aromatic heterocycles. The van der Waals surface area contributed by atoms with Gasteiger partial charge in [0.25, 0.3) is 0 Å². The van der Waals surface area contributed by atoms with Crippen LogP contribution in [0, 0.1) is 0 Å². The van der Waals surface area contributed by atoms with Crippen LogP contribution in [0.2, 0.25) is 0 Å². The van der Waals surface area contributed by atoms with E-state index >= 15 is 0 Å². The standard InChI is InChI=1S/C43H23Br2NO3.C43H21Br2NO2/c44-30-21-28-39(37-25-13-3-9-19-35(25)48-41(30)37)40-29(22-31(45)42-38(40)26-14-4-10-20-36(26)49-42)43(28,47)27-15-5-8-18-34(27)46-32-16-6-1-11-23(32)24-12-2-7-17-33(24)46;44-30-20-28-38(36-24-11-2-7-18-34(24)47-41(30)36)39-29(21-31(45)42-37(39)25-12-3-8-19-35(25)48-42)43(28)26-14-4-6-17-33(26)46-32-16-5-1-10-22(32)23-13-9-15-27(43)40(23)46/h1-22,47H;1-21H. The van der Waals surface area contributed by atoms with E-state index in [4.69, 9.17) is 17.7 Å². The van der Waals surface area contributed by atoms with Gasteiger partial charge >= 0.3 is 0 Å². The number of benzene rings is 14. The molecule has 0 amide bonds. The highest BCUT2D eigenvalue weighted by Gasteiger charge is 2.54. The average molecular weight is 1500 g/mol. The van der Waals surface area contributed by atoms with Crippen molar-refractivity contribution in [1.82, 2.24) is 9.13 Å². The van der Waals surface area contributed by atoms with Gasteiger partial charge in [0.15, 0.2) is 0 Å². The fourth-order valence-corrected chi connectivity index (χ4v) is 19.7. The average Bonchev–Trinajstić information content (AvgIpc) is 1.50. The Morgan fingerprint density at radius 2 is 0.567 bits per heavy atom. The summed E-state index contributed by atoms with van der Waals surface area (Å²) in [6, 6.07) is 91.7. The van der Waals surface area contributed by atoms with E-state index in [1.54, 1.807) is 0 Å². The molecule has 456 valence electrons. The van der Waals surface area contributed by atoms with Crippen molar-refractivity contribution in [1.29, 1.82) is 0 Å². The molecular formula is C86H44Br4N2O5. The second kappa shape index (κ2) is 19.5. The van der Waals surface area contributed by atoms with Crippen LogP contribution < -0.4 is 0 Å². The Bertz CT molecular complexity index is 6690. The minimum Gasteiger partial charge on any atom is -0.455 e. The lowest BCUT2D eigenvalue weighted by atomic mass is 9.65. The number of aromatic nitrogens is 2. The summed E-state index contributed by atoms with van der Waals surface area (Å²) in [5.74, 6) is 0. The Labute approximate surface area is 584 Å². The van der Waals surface area contributed by atoms with Gasteiger partial charge in [-0.15, -0.1) is 0 Å². The van der Waals surface area contributed by atoms with Gasteiger partial charge in [0, 0.05) is 92.5 Å². The molecule has 3 aliphatic rings. The molecule has 1 N–H and O–H groups in total. The molecule has 14 aromatic carbocycles. The van der Waals surface area contributed by atoms with Gasteiger partial charge in [-0.3, -0.25) is 0 Å². The molecule has 7 nitrogen and oxygen atoms in total. The Kier molecular flexibility index (Phi) is 11.0. The largest absolute Gasteiger partial charge is 0.455 e. The van der Waals surface area contributed by atoms with Gasteiger partial charge < -0.3 is 31.9 Å². The number of furan rings is 4. The molecule has 7 heterocycles. The molecule has 1 spiro atoms. The van der Waals surface area contributed by atoms with E-state index in [9.17, 15) is 5.11 Å². The quantitative estimate of drug-likeness (QED) is 0.186. The molecule has 11 heteroatoms. The summed E-state index contributed by atoms with van der Waals surface area (Å²) in [5.41, 5.74) is 22.7. The minimum atomic E-state index is -1.56. The number of hydrogen-bond acceptors (Lipinski definition) is 5. The lowest BCUT2D eigenvalue weighted by Gasteiger charge is -2.39. The van der Waals surface area contributed by atoms with E-state index in [0.717, 1.165) is 161 Å². The molecule has 1 aliphatic heterocycles. The maximum atomic E-state index is 13.9. The zero-order chi connectivity index (χ0) is 64.1. The van der Waals surface area contributed by atoms with Crippen molar-refractivity contribution >= 4 is 195 Å². The highest BCUT2D eigenvalue weighted by Crippen LogP contribution is 2.67. The molecule has 0 saturated carbocycles. The van der Waals surface area contributed by atoms with Gasteiger partial charge in [-0.2, -0.15) is 0 Å². The van der Waals surface area contributed by atoms with Gasteiger partial charge in [0.2, 0.25) is 0 Å². The van der Waals surface area contributed by atoms with E-state index in [-0.39, 0.29) is 0 Å². The zero-order valence-corrected chi connectivity index (χ0v) is 57.2. The maximum Gasteiger partial charge on any atom is 0.150 e. The number of para-hydroxylation sites is 10. The van der Waals surface area contributed by atoms with Crippen LogP contribution in [0.4, 0.5) is 0 Å². The van der Waals surface area contributed by atoms with Gasteiger partial charge in [-0.25, -0.2) is 0 Å². The van der Waals surface area contributed by atoms with Crippen molar-refractivity contribution < 1.29 is 22.8 Å². The number of hydrogen-bond donors (Lipinski definition) is 1. The number of fused-ring (bicyclic) bond motifs is 34. The van der Waals surface area contributed by atoms with E-state index in [2.05, 4.69) is 261 Å². The number of aliphatic hydroxyl groups is 1. The Hall–Kier alpha value is -10.2. The normalized spacial score (nSPS) is 14.0. The third kappa shape index (κ3) is 6.83. The van der Waals surface area contributed by atoms with Crippen molar-refractivity contribution in [2.75, 3.05) is 0 Å². The van der Waals surface area contributed by atoms with Crippen LogP contribution in [0.1, 0.15) is 38.9 Å². The van der Waals surface area contributed by atoms with Crippen molar-refractivity contribution in [3.8, 4) is 33.6 Å². The summed E-state index contributed by atoms with van der Waals surface area (Å²) in [6.07, 6.45) is 0. The smallest absolute Gasteiger partial charge is 0.150 e. The molecule has 0 fully saturated rings. The van der Waals surface area contributed by atoms with E-state index in [0.29, 0.717) is 0 Å². The zero-order valence-electron chi connectivity index (χ0n) is 50.8. The van der Waals surface area contributed by atoms with Crippen LogP contribution in [0.5, 0.6) is 0 Å². The minimum absolute atomic E-state index is 0.630. The summed E-state index contributed by atoms with van der Waals surface area (Å²) in [4.78, 5) is 0. The molecule has 0 bridgehead atoms. The Balaban J connectivity index is 0.000000125. The third-order valence-corrected chi connectivity index (χ3v) is 23.6. The molecule has 97 heavy (non-hydrogen) atoms. The molecule has 0 atom stereocenters. The molecule has 0 radical (unpaired) electrons. The predicted molar refractivity (Wildman–Crippen MR) is 406 cm³/mol. The van der Waals surface area contributed by atoms with Crippen molar-refractivity contribution in [3.63, 3.8) is 0 Å². The lowest BCUT2D eigenvalue weighted by Crippen LogP contribution is -2.33. The van der Waals surface area contributed by atoms with E-state index in [1.165, 1.54) is 60.9 Å².